The summed E-state index contributed by atoms with van der Waals surface area (Å²) in [6.07, 6.45) is 11.7. The molecule has 0 fully saturated rings. The Morgan fingerprint density at radius 3 is 2.84 bits per heavy atom. The van der Waals surface area contributed by atoms with Crippen molar-refractivity contribution in [2.24, 2.45) is 10.1 Å². The lowest BCUT2D eigenvalue weighted by Crippen LogP contribution is -2.02. The molecule has 4 heteroatoms. The third-order valence-corrected chi connectivity index (χ3v) is 2.81. The van der Waals surface area contributed by atoms with Crippen molar-refractivity contribution < 1.29 is 4.84 Å². The van der Waals surface area contributed by atoms with E-state index in [4.69, 9.17) is 4.84 Å². The number of allylic oxidation sites excluding steroid dienone is 4. The second kappa shape index (κ2) is 6.64. The predicted molar refractivity (Wildman–Crippen MR) is 77.2 cm³/mol. The van der Waals surface area contributed by atoms with Gasteiger partial charge in [-0.05, 0) is 37.6 Å². The summed E-state index contributed by atoms with van der Waals surface area (Å²) >= 11 is 0. The van der Waals surface area contributed by atoms with Crippen LogP contribution in [0.2, 0.25) is 0 Å². The van der Waals surface area contributed by atoms with Crippen LogP contribution in [0.3, 0.4) is 0 Å². The zero-order valence-corrected chi connectivity index (χ0v) is 11.2. The summed E-state index contributed by atoms with van der Waals surface area (Å²) in [7, 11) is 0. The van der Waals surface area contributed by atoms with E-state index in [0.717, 1.165) is 23.4 Å². The van der Waals surface area contributed by atoms with Crippen molar-refractivity contribution in [3.8, 4) is 0 Å². The summed E-state index contributed by atoms with van der Waals surface area (Å²) in [6, 6.07) is 3.89. The van der Waals surface area contributed by atoms with E-state index in [9.17, 15) is 0 Å². The van der Waals surface area contributed by atoms with E-state index in [-0.39, 0.29) is 6.10 Å². The van der Waals surface area contributed by atoms with Crippen LogP contribution in [0.15, 0.2) is 58.6 Å². The van der Waals surface area contributed by atoms with Gasteiger partial charge in [-0.3, -0.25) is 9.98 Å². The number of aliphatic imine (C=N–C) groups is 1. The van der Waals surface area contributed by atoms with Crippen LogP contribution in [-0.2, 0) is 4.84 Å². The Kier molecular flexibility index (Phi) is 4.61. The number of nitrogens with zero attached hydrogens (tertiary/aromatic N) is 3. The Balaban J connectivity index is 2.05. The maximum atomic E-state index is 5.47. The minimum Gasteiger partial charge on any atom is -0.387 e. The number of hydrogen-bond acceptors (Lipinski definition) is 4. The average Bonchev–Trinajstić information content (AvgIpc) is 2.94. The van der Waals surface area contributed by atoms with Gasteiger partial charge in [0, 0.05) is 25.0 Å². The second-order valence-electron chi connectivity index (χ2n) is 4.09. The van der Waals surface area contributed by atoms with Crippen molar-refractivity contribution in [1.82, 2.24) is 4.98 Å². The molecule has 0 spiro atoms. The highest BCUT2D eigenvalue weighted by Gasteiger charge is 2.24. The fourth-order valence-electron chi connectivity index (χ4n) is 1.81. The van der Waals surface area contributed by atoms with E-state index in [1.54, 1.807) is 18.6 Å². The van der Waals surface area contributed by atoms with E-state index in [2.05, 4.69) is 15.1 Å². The fourth-order valence-corrected chi connectivity index (χ4v) is 1.81. The Hall–Kier alpha value is -2.23. The minimum atomic E-state index is -0.0372. The van der Waals surface area contributed by atoms with E-state index in [1.165, 1.54) is 0 Å². The number of pyridine rings is 1. The first kappa shape index (κ1) is 13.2. The van der Waals surface area contributed by atoms with Gasteiger partial charge in [0.25, 0.3) is 0 Å². The quantitative estimate of drug-likeness (QED) is 0.773. The highest BCUT2D eigenvalue weighted by atomic mass is 16.6. The molecule has 1 aromatic heterocycles. The largest absolute Gasteiger partial charge is 0.387 e. The summed E-state index contributed by atoms with van der Waals surface area (Å²) in [4.78, 5) is 13.8. The SMILES string of the molecule is C\C=C/C=N\C(=C/C)C1=NOC(c2ccncc2)C1. The van der Waals surface area contributed by atoms with Crippen LogP contribution in [0.5, 0.6) is 0 Å². The zero-order valence-electron chi connectivity index (χ0n) is 11.2. The topological polar surface area (TPSA) is 46.8 Å². The molecule has 19 heavy (non-hydrogen) atoms. The molecule has 98 valence electrons. The molecule has 1 atom stereocenters. The van der Waals surface area contributed by atoms with Gasteiger partial charge in [0.2, 0.25) is 0 Å². The average molecular weight is 255 g/mol. The third-order valence-electron chi connectivity index (χ3n) is 2.81. The number of rotatable bonds is 4. The fraction of sp³-hybridized carbons (Fsp3) is 0.267. The van der Waals surface area contributed by atoms with Crippen LogP contribution in [0.4, 0.5) is 0 Å². The maximum absolute atomic E-state index is 5.47. The summed E-state index contributed by atoms with van der Waals surface area (Å²) in [6.45, 7) is 3.90. The molecule has 1 aliphatic heterocycles. The Morgan fingerprint density at radius 1 is 1.37 bits per heavy atom. The molecular formula is C15H17N3O. The van der Waals surface area contributed by atoms with Gasteiger partial charge in [0.15, 0.2) is 6.10 Å². The Morgan fingerprint density at radius 2 is 2.16 bits per heavy atom. The molecule has 1 aliphatic rings. The molecule has 0 aromatic carbocycles. The van der Waals surface area contributed by atoms with E-state index in [1.807, 2.05) is 44.2 Å². The molecule has 1 unspecified atom stereocenters. The molecule has 4 nitrogen and oxygen atoms in total. The van der Waals surface area contributed by atoms with Gasteiger partial charge in [0.05, 0.1) is 5.70 Å². The molecule has 0 bridgehead atoms. The van der Waals surface area contributed by atoms with Gasteiger partial charge in [-0.15, -0.1) is 0 Å². The van der Waals surface area contributed by atoms with Crippen molar-refractivity contribution in [3.05, 3.63) is 54.0 Å². The monoisotopic (exact) mass is 255 g/mol. The molecule has 0 saturated heterocycles. The number of aromatic nitrogens is 1. The lowest BCUT2D eigenvalue weighted by Gasteiger charge is -2.07. The molecule has 0 saturated carbocycles. The van der Waals surface area contributed by atoms with Crippen LogP contribution >= 0.6 is 0 Å². The zero-order chi connectivity index (χ0) is 13.5. The van der Waals surface area contributed by atoms with Crippen LogP contribution in [0, 0.1) is 0 Å². The summed E-state index contributed by atoms with van der Waals surface area (Å²) in [5.41, 5.74) is 2.82. The summed E-state index contributed by atoms with van der Waals surface area (Å²) in [5, 5.41) is 4.13. The van der Waals surface area contributed by atoms with Gasteiger partial charge in [-0.2, -0.15) is 0 Å². The molecule has 0 aliphatic carbocycles. The molecule has 1 aromatic rings. The van der Waals surface area contributed by atoms with E-state index in [0.29, 0.717) is 0 Å². The number of oxime groups is 1. The van der Waals surface area contributed by atoms with Crippen LogP contribution in [0.25, 0.3) is 0 Å². The van der Waals surface area contributed by atoms with Gasteiger partial charge in [0.1, 0.15) is 5.71 Å². The smallest absolute Gasteiger partial charge is 0.158 e. The summed E-state index contributed by atoms with van der Waals surface area (Å²) in [5.74, 6) is 0. The first-order valence-electron chi connectivity index (χ1n) is 6.29. The van der Waals surface area contributed by atoms with Gasteiger partial charge in [-0.1, -0.05) is 17.3 Å². The maximum Gasteiger partial charge on any atom is 0.158 e. The molecule has 0 radical (unpaired) electrons. The molecule has 2 heterocycles. The van der Waals surface area contributed by atoms with Gasteiger partial charge < -0.3 is 4.84 Å². The molecule has 0 N–H and O–H groups in total. The highest BCUT2D eigenvalue weighted by Crippen LogP contribution is 2.29. The lowest BCUT2D eigenvalue weighted by molar-refractivity contribution is 0.0857. The first-order valence-corrected chi connectivity index (χ1v) is 6.29. The van der Waals surface area contributed by atoms with Gasteiger partial charge >= 0.3 is 0 Å². The van der Waals surface area contributed by atoms with Gasteiger partial charge in [-0.25, -0.2) is 0 Å². The van der Waals surface area contributed by atoms with Crippen molar-refractivity contribution >= 4 is 11.9 Å². The predicted octanol–water partition coefficient (Wildman–Crippen LogP) is 3.45. The Labute approximate surface area is 113 Å². The van der Waals surface area contributed by atoms with Crippen molar-refractivity contribution in [3.63, 3.8) is 0 Å². The third kappa shape index (κ3) is 3.37. The minimum absolute atomic E-state index is 0.0372. The molecule has 0 amide bonds. The standard InChI is InChI=1S/C15H17N3O/c1-3-5-8-17-13(4-2)14-11-15(19-18-14)12-6-9-16-10-7-12/h3-10,15H,11H2,1-2H3/b5-3-,13-4-,17-8-. The van der Waals surface area contributed by atoms with E-state index < -0.39 is 0 Å². The second-order valence-corrected chi connectivity index (χ2v) is 4.09. The van der Waals surface area contributed by atoms with Crippen molar-refractivity contribution in [1.29, 1.82) is 0 Å². The van der Waals surface area contributed by atoms with Crippen molar-refractivity contribution in [2.75, 3.05) is 0 Å². The van der Waals surface area contributed by atoms with Crippen LogP contribution < -0.4 is 0 Å². The first-order chi connectivity index (χ1) is 9.35. The number of hydrogen-bond donors (Lipinski definition) is 0. The Bertz CT molecular complexity index is 530. The van der Waals surface area contributed by atoms with Crippen LogP contribution in [-0.4, -0.2) is 16.9 Å². The molecule has 2 rings (SSSR count). The van der Waals surface area contributed by atoms with E-state index >= 15 is 0 Å². The highest BCUT2D eigenvalue weighted by molar-refractivity contribution is 6.01. The summed E-state index contributed by atoms with van der Waals surface area (Å²) < 4.78 is 0. The van der Waals surface area contributed by atoms with Crippen molar-refractivity contribution in [2.45, 2.75) is 26.4 Å². The van der Waals surface area contributed by atoms with Crippen LogP contribution in [0.1, 0.15) is 31.9 Å². The molecular weight excluding hydrogens is 238 g/mol. The normalized spacial score (nSPS) is 20.0. The lowest BCUT2D eigenvalue weighted by atomic mass is 10.0.